The Kier molecular flexibility index (Phi) is 4.90. The van der Waals surface area contributed by atoms with Gasteiger partial charge in [0, 0.05) is 37.8 Å². The molecule has 154 valence electrons. The molecular weight excluding hydrogens is 407 g/mol. The van der Waals surface area contributed by atoms with Crippen molar-refractivity contribution in [1.82, 2.24) is 19.7 Å². The van der Waals surface area contributed by atoms with Crippen molar-refractivity contribution in [1.29, 1.82) is 0 Å². The molecule has 4 rings (SSSR count). The number of aromatic nitrogens is 4. The van der Waals surface area contributed by atoms with Gasteiger partial charge in [-0.25, -0.2) is 9.97 Å². The fourth-order valence-corrected chi connectivity index (χ4v) is 4.14. The highest BCUT2D eigenvalue weighted by atomic mass is 32.1. The minimum Gasteiger partial charge on any atom is -0.354 e. The third kappa shape index (κ3) is 3.90. The molecular formula is C17H18F3N7OS. The van der Waals surface area contributed by atoms with E-state index in [1.165, 1.54) is 23.8 Å². The Morgan fingerprint density at radius 3 is 2.93 bits per heavy atom. The van der Waals surface area contributed by atoms with Crippen molar-refractivity contribution >= 4 is 39.1 Å². The number of hydrogen-bond donors (Lipinski definition) is 2. The monoisotopic (exact) mass is 425 g/mol. The Balaban J connectivity index is 1.64. The van der Waals surface area contributed by atoms with E-state index < -0.39 is 23.5 Å². The number of thiophene rings is 1. The zero-order chi connectivity index (χ0) is 20.8. The van der Waals surface area contributed by atoms with Crippen molar-refractivity contribution in [2.45, 2.75) is 25.1 Å². The predicted octanol–water partition coefficient (Wildman–Crippen LogP) is 2.62. The van der Waals surface area contributed by atoms with Crippen molar-refractivity contribution in [2.24, 2.45) is 12.8 Å². The Hall–Kier alpha value is -2.73. The number of amides is 1. The molecule has 1 amide bonds. The Labute approximate surface area is 167 Å². The fraction of sp³-hybridized carbons (Fsp3) is 0.412. The molecule has 29 heavy (non-hydrogen) atoms. The number of alkyl halides is 3. The quantitative estimate of drug-likeness (QED) is 0.669. The van der Waals surface area contributed by atoms with Crippen molar-refractivity contribution in [3.05, 3.63) is 29.0 Å². The minimum absolute atomic E-state index is 0.0397. The summed E-state index contributed by atoms with van der Waals surface area (Å²) in [5, 5.41) is 7.23. The molecule has 8 nitrogen and oxygen atoms in total. The van der Waals surface area contributed by atoms with Gasteiger partial charge in [0.1, 0.15) is 16.2 Å². The lowest BCUT2D eigenvalue weighted by Crippen LogP contribution is -2.43. The third-order valence-electron chi connectivity index (χ3n) is 4.64. The van der Waals surface area contributed by atoms with Crippen LogP contribution in [0, 0.1) is 0 Å². The van der Waals surface area contributed by atoms with Gasteiger partial charge >= 0.3 is 6.18 Å². The molecule has 1 atom stereocenters. The SMILES string of the molecule is Cn1cc(NC(=O)c2csc3ncc(N4CCC[C@@H](N)C4)nc23)c(C(F)(F)F)n1. The molecule has 3 N–H and O–H groups in total. The highest BCUT2D eigenvalue weighted by Crippen LogP contribution is 2.34. The Morgan fingerprint density at radius 1 is 1.41 bits per heavy atom. The molecule has 1 fully saturated rings. The first-order valence-electron chi connectivity index (χ1n) is 8.89. The number of piperidine rings is 1. The van der Waals surface area contributed by atoms with Gasteiger partial charge in [-0.1, -0.05) is 0 Å². The number of aryl methyl sites for hydroxylation is 1. The second kappa shape index (κ2) is 7.26. The van der Waals surface area contributed by atoms with Gasteiger partial charge < -0.3 is 16.0 Å². The lowest BCUT2D eigenvalue weighted by atomic mass is 10.1. The predicted molar refractivity (Wildman–Crippen MR) is 103 cm³/mol. The normalized spacial score (nSPS) is 17.7. The van der Waals surface area contributed by atoms with Gasteiger partial charge in [0.05, 0.1) is 17.4 Å². The van der Waals surface area contributed by atoms with Gasteiger partial charge in [0.2, 0.25) is 0 Å². The third-order valence-corrected chi connectivity index (χ3v) is 5.52. The number of carbonyl (C=O) groups is 1. The maximum absolute atomic E-state index is 13.1. The van der Waals surface area contributed by atoms with Crippen LogP contribution in [-0.2, 0) is 13.2 Å². The molecule has 1 aliphatic heterocycles. The molecule has 1 saturated heterocycles. The fourth-order valence-electron chi connectivity index (χ4n) is 3.31. The van der Waals surface area contributed by atoms with Crippen LogP contribution in [0.5, 0.6) is 0 Å². The molecule has 0 aromatic carbocycles. The summed E-state index contributed by atoms with van der Waals surface area (Å²) in [4.78, 5) is 24.1. The molecule has 1 aliphatic rings. The summed E-state index contributed by atoms with van der Waals surface area (Å²) in [6.07, 6.45) is -0.0758. The van der Waals surface area contributed by atoms with E-state index in [1.807, 2.05) is 4.90 Å². The molecule has 0 unspecified atom stereocenters. The van der Waals surface area contributed by atoms with E-state index in [2.05, 4.69) is 20.4 Å². The molecule has 0 bridgehead atoms. The topological polar surface area (TPSA) is 102 Å². The average molecular weight is 425 g/mol. The average Bonchev–Trinajstić information content (AvgIpc) is 3.24. The maximum atomic E-state index is 13.1. The van der Waals surface area contributed by atoms with Crippen molar-refractivity contribution in [2.75, 3.05) is 23.3 Å². The summed E-state index contributed by atoms with van der Waals surface area (Å²) in [6, 6.07) is 0.0397. The number of hydrogen-bond acceptors (Lipinski definition) is 7. The number of nitrogens with zero attached hydrogens (tertiary/aromatic N) is 5. The van der Waals surface area contributed by atoms with Gasteiger partial charge in [0.25, 0.3) is 5.91 Å². The largest absolute Gasteiger partial charge is 0.437 e. The summed E-state index contributed by atoms with van der Waals surface area (Å²) >= 11 is 1.20. The number of halogens is 3. The number of nitrogens with one attached hydrogen (secondary N) is 1. The zero-order valence-corrected chi connectivity index (χ0v) is 16.2. The summed E-state index contributed by atoms with van der Waals surface area (Å²) in [6.45, 7) is 1.42. The van der Waals surface area contributed by atoms with Crippen LogP contribution < -0.4 is 16.0 Å². The lowest BCUT2D eigenvalue weighted by Gasteiger charge is -2.31. The number of anilines is 2. The van der Waals surface area contributed by atoms with E-state index in [0.717, 1.165) is 30.3 Å². The van der Waals surface area contributed by atoms with E-state index >= 15 is 0 Å². The van der Waals surface area contributed by atoms with Crippen LogP contribution in [0.4, 0.5) is 24.7 Å². The number of fused-ring (bicyclic) bond motifs is 1. The molecule has 12 heteroatoms. The molecule has 0 radical (unpaired) electrons. The smallest absolute Gasteiger partial charge is 0.354 e. The van der Waals surface area contributed by atoms with Crippen LogP contribution in [0.1, 0.15) is 28.9 Å². The lowest BCUT2D eigenvalue weighted by molar-refractivity contribution is -0.140. The molecule has 3 aromatic heterocycles. The minimum atomic E-state index is -4.68. The molecule has 0 aliphatic carbocycles. The van der Waals surface area contributed by atoms with Crippen LogP contribution in [0.2, 0.25) is 0 Å². The highest BCUT2D eigenvalue weighted by molar-refractivity contribution is 7.17. The van der Waals surface area contributed by atoms with E-state index in [-0.39, 0.29) is 11.6 Å². The number of rotatable bonds is 3. The Morgan fingerprint density at radius 2 is 2.21 bits per heavy atom. The first-order valence-corrected chi connectivity index (χ1v) is 9.77. The summed E-state index contributed by atoms with van der Waals surface area (Å²) < 4.78 is 40.4. The van der Waals surface area contributed by atoms with Crippen LogP contribution >= 0.6 is 11.3 Å². The molecule has 0 saturated carbocycles. The van der Waals surface area contributed by atoms with Crippen LogP contribution in [0.3, 0.4) is 0 Å². The van der Waals surface area contributed by atoms with Crippen LogP contribution in [0.15, 0.2) is 17.8 Å². The first kappa shape index (κ1) is 19.6. The number of nitrogens with two attached hydrogens (primary N) is 1. The van der Waals surface area contributed by atoms with Gasteiger partial charge in [-0.15, -0.1) is 11.3 Å². The first-order chi connectivity index (χ1) is 13.7. The number of carbonyl (C=O) groups excluding carboxylic acids is 1. The highest BCUT2D eigenvalue weighted by Gasteiger charge is 2.37. The zero-order valence-electron chi connectivity index (χ0n) is 15.4. The van der Waals surface area contributed by atoms with E-state index in [1.54, 1.807) is 6.20 Å². The van der Waals surface area contributed by atoms with Crippen molar-refractivity contribution < 1.29 is 18.0 Å². The van der Waals surface area contributed by atoms with E-state index in [0.29, 0.717) is 22.7 Å². The standard InChI is InChI=1S/C17H18F3N7OS/c1-26-7-11(14(25-26)17(18,19)20)23-15(28)10-8-29-16-13(10)24-12(5-22-16)27-4-2-3-9(21)6-27/h5,7-9H,2-4,6,21H2,1H3,(H,23,28)/t9-/m1/s1. The molecule has 3 aromatic rings. The van der Waals surface area contributed by atoms with Gasteiger partial charge in [-0.3, -0.25) is 9.48 Å². The summed E-state index contributed by atoms with van der Waals surface area (Å²) in [7, 11) is 1.35. The van der Waals surface area contributed by atoms with Crippen LogP contribution in [0.25, 0.3) is 10.3 Å². The second-order valence-electron chi connectivity index (χ2n) is 6.90. The second-order valence-corrected chi connectivity index (χ2v) is 7.75. The van der Waals surface area contributed by atoms with Gasteiger partial charge in [-0.05, 0) is 12.8 Å². The van der Waals surface area contributed by atoms with E-state index in [9.17, 15) is 18.0 Å². The van der Waals surface area contributed by atoms with Crippen molar-refractivity contribution in [3.63, 3.8) is 0 Å². The maximum Gasteiger partial charge on any atom is 0.437 e. The molecule has 0 spiro atoms. The van der Waals surface area contributed by atoms with Gasteiger partial charge in [-0.2, -0.15) is 18.3 Å². The van der Waals surface area contributed by atoms with E-state index in [4.69, 9.17) is 5.73 Å². The van der Waals surface area contributed by atoms with Gasteiger partial charge in [0.15, 0.2) is 5.69 Å². The van der Waals surface area contributed by atoms with Crippen molar-refractivity contribution in [3.8, 4) is 0 Å². The van der Waals surface area contributed by atoms with Crippen LogP contribution in [-0.4, -0.2) is 44.8 Å². The molecule has 4 heterocycles. The summed E-state index contributed by atoms with van der Waals surface area (Å²) in [5.74, 6) is -0.103. The Bertz CT molecular complexity index is 1060. The summed E-state index contributed by atoms with van der Waals surface area (Å²) in [5.41, 5.74) is 4.97.